The molecule has 7 heteroatoms. The molecule has 0 bridgehead atoms. The average molecular weight is 441 g/mol. The lowest BCUT2D eigenvalue weighted by Gasteiger charge is -2.18. The van der Waals surface area contributed by atoms with Gasteiger partial charge in [0, 0.05) is 18.5 Å². The Morgan fingerprint density at radius 3 is 2.66 bits per heavy atom. The largest absolute Gasteiger partial charge is 0.494 e. The molecule has 0 aliphatic carbocycles. The molecular weight excluding hydrogens is 408 g/mol. The molecule has 0 spiro atoms. The van der Waals surface area contributed by atoms with Crippen LogP contribution in [0.2, 0.25) is 0 Å². The molecule has 0 radical (unpaired) electrons. The SMILES string of the molecule is COc1cc(C(C)NC(=O)CCCOc2ccc3c(c2)CCC(=O)N3)ccc1OC(C)C. The van der Waals surface area contributed by atoms with Gasteiger partial charge in [0.1, 0.15) is 5.75 Å². The van der Waals surface area contributed by atoms with E-state index in [1.807, 2.05) is 57.2 Å². The molecule has 7 nitrogen and oxygen atoms in total. The van der Waals surface area contributed by atoms with E-state index in [-0.39, 0.29) is 24.0 Å². The van der Waals surface area contributed by atoms with Gasteiger partial charge in [-0.25, -0.2) is 0 Å². The number of hydrogen-bond acceptors (Lipinski definition) is 5. The standard InChI is InChI=1S/C25H32N2O5/c1-16(2)32-22-11-7-18(15-23(22)30-4)17(3)26-24(28)6-5-13-31-20-9-10-21-19(14-20)8-12-25(29)27-21/h7,9-11,14-17H,5-6,8,12-13H2,1-4H3,(H,26,28)(H,27,29). The molecule has 2 aromatic carbocycles. The number of benzene rings is 2. The van der Waals surface area contributed by atoms with Gasteiger partial charge in [-0.05, 0) is 75.1 Å². The van der Waals surface area contributed by atoms with Gasteiger partial charge in [0.15, 0.2) is 11.5 Å². The number of nitrogens with one attached hydrogen (secondary N) is 2. The van der Waals surface area contributed by atoms with Crippen molar-refractivity contribution in [3.05, 3.63) is 47.5 Å². The summed E-state index contributed by atoms with van der Waals surface area (Å²) in [7, 11) is 1.61. The molecule has 0 saturated carbocycles. The normalized spacial score (nSPS) is 13.7. The molecule has 0 saturated heterocycles. The van der Waals surface area contributed by atoms with Crippen molar-refractivity contribution in [3.63, 3.8) is 0 Å². The Kier molecular flexibility index (Phi) is 7.98. The van der Waals surface area contributed by atoms with E-state index in [9.17, 15) is 9.59 Å². The predicted octanol–water partition coefficient (Wildman–Crippen LogP) is 4.40. The molecule has 1 atom stereocenters. The zero-order valence-corrected chi connectivity index (χ0v) is 19.2. The van der Waals surface area contributed by atoms with Crippen molar-refractivity contribution < 1.29 is 23.8 Å². The summed E-state index contributed by atoms with van der Waals surface area (Å²) >= 11 is 0. The number of methoxy groups -OCH3 is 1. The quantitative estimate of drug-likeness (QED) is 0.535. The average Bonchev–Trinajstić information content (AvgIpc) is 2.76. The maximum absolute atomic E-state index is 12.4. The van der Waals surface area contributed by atoms with Crippen molar-refractivity contribution in [2.45, 2.75) is 58.6 Å². The summed E-state index contributed by atoms with van der Waals surface area (Å²) < 4.78 is 17.0. The molecule has 172 valence electrons. The summed E-state index contributed by atoms with van der Waals surface area (Å²) in [6.45, 7) is 6.32. The van der Waals surface area contributed by atoms with Gasteiger partial charge in [-0.3, -0.25) is 9.59 Å². The molecule has 1 aliphatic heterocycles. The van der Waals surface area contributed by atoms with E-state index >= 15 is 0 Å². The summed E-state index contributed by atoms with van der Waals surface area (Å²) in [6.07, 6.45) is 2.24. The highest BCUT2D eigenvalue weighted by Gasteiger charge is 2.16. The Morgan fingerprint density at radius 1 is 1.09 bits per heavy atom. The van der Waals surface area contributed by atoms with E-state index in [4.69, 9.17) is 14.2 Å². The Hall–Kier alpha value is -3.22. The fourth-order valence-corrected chi connectivity index (χ4v) is 3.57. The number of ether oxygens (including phenoxy) is 3. The van der Waals surface area contributed by atoms with Crippen LogP contribution in [-0.4, -0.2) is 31.6 Å². The highest BCUT2D eigenvalue weighted by atomic mass is 16.5. The summed E-state index contributed by atoms with van der Waals surface area (Å²) in [5.41, 5.74) is 2.88. The van der Waals surface area contributed by atoms with Crippen LogP contribution >= 0.6 is 0 Å². The summed E-state index contributed by atoms with van der Waals surface area (Å²) in [5.74, 6) is 2.10. The minimum Gasteiger partial charge on any atom is -0.494 e. The van der Waals surface area contributed by atoms with E-state index < -0.39 is 0 Å². The highest BCUT2D eigenvalue weighted by Crippen LogP contribution is 2.31. The molecule has 2 N–H and O–H groups in total. The third kappa shape index (κ3) is 6.39. The molecule has 2 amide bonds. The summed E-state index contributed by atoms with van der Waals surface area (Å²) in [4.78, 5) is 23.8. The van der Waals surface area contributed by atoms with Crippen LogP contribution in [0.4, 0.5) is 5.69 Å². The first-order valence-corrected chi connectivity index (χ1v) is 11.0. The fraction of sp³-hybridized carbons (Fsp3) is 0.440. The van der Waals surface area contributed by atoms with Crippen LogP contribution in [0.5, 0.6) is 17.2 Å². The van der Waals surface area contributed by atoms with Crippen molar-refractivity contribution in [1.82, 2.24) is 5.32 Å². The van der Waals surface area contributed by atoms with Crippen molar-refractivity contribution >= 4 is 17.5 Å². The first-order valence-electron chi connectivity index (χ1n) is 11.0. The monoisotopic (exact) mass is 440 g/mol. The lowest BCUT2D eigenvalue weighted by molar-refractivity contribution is -0.122. The molecule has 0 fully saturated rings. The Labute approximate surface area is 189 Å². The number of amides is 2. The maximum Gasteiger partial charge on any atom is 0.224 e. The van der Waals surface area contributed by atoms with Crippen molar-refractivity contribution in [1.29, 1.82) is 0 Å². The van der Waals surface area contributed by atoms with Gasteiger partial charge in [-0.1, -0.05) is 6.07 Å². The van der Waals surface area contributed by atoms with Gasteiger partial charge >= 0.3 is 0 Å². The minimum absolute atomic E-state index is 0.0317. The smallest absolute Gasteiger partial charge is 0.224 e. The topological polar surface area (TPSA) is 85.9 Å². The first kappa shape index (κ1) is 23.4. The molecule has 0 aromatic heterocycles. The second kappa shape index (κ2) is 10.9. The lowest BCUT2D eigenvalue weighted by atomic mass is 10.0. The van der Waals surface area contributed by atoms with E-state index in [0.717, 1.165) is 22.6 Å². The van der Waals surface area contributed by atoms with E-state index in [1.54, 1.807) is 7.11 Å². The van der Waals surface area contributed by atoms with Crippen molar-refractivity contribution in [2.24, 2.45) is 0 Å². The van der Waals surface area contributed by atoms with Crippen molar-refractivity contribution in [3.8, 4) is 17.2 Å². The first-order chi connectivity index (χ1) is 15.4. The molecule has 1 aliphatic rings. The molecule has 1 heterocycles. The number of aryl methyl sites for hydroxylation is 1. The molecular formula is C25H32N2O5. The number of anilines is 1. The van der Waals surface area contributed by atoms with Crippen LogP contribution in [-0.2, 0) is 16.0 Å². The van der Waals surface area contributed by atoms with Gasteiger partial charge < -0.3 is 24.8 Å². The third-order valence-electron chi connectivity index (χ3n) is 5.22. The van der Waals surface area contributed by atoms with Crippen LogP contribution in [0, 0.1) is 0 Å². The fourth-order valence-electron chi connectivity index (χ4n) is 3.57. The van der Waals surface area contributed by atoms with Gasteiger partial charge in [0.05, 0.1) is 25.9 Å². The highest BCUT2D eigenvalue weighted by molar-refractivity contribution is 5.94. The van der Waals surface area contributed by atoms with Crippen LogP contribution in [0.25, 0.3) is 0 Å². The Bertz CT molecular complexity index is 957. The summed E-state index contributed by atoms with van der Waals surface area (Å²) in [6, 6.07) is 11.2. The lowest BCUT2D eigenvalue weighted by Crippen LogP contribution is -2.26. The number of hydrogen-bond donors (Lipinski definition) is 2. The Balaban J connectivity index is 1.44. The molecule has 1 unspecified atom stereocenters. The van der Waals surface area contributed by atoms with E-state index in [0.29, 0.717) is 43.8 Å². The molecule has 32 heavy (non-hydrogen) atoms. The van der Waals surface area contributed by atoms with Crippen LogP contribution in [0.15, 0.2) is 36.4 Å². The van der Waals surface area contributed by atoms with E-state index in [1.165, 1.54) is 0 Å². The second-order valence-electron chi connectivity index (χ2n) is 8.19. The third-order valence-corrected chi connectivity index (χ3v) is 5.22. The van der Waals surface area contributed by atoms with Gasteiger partial charge in [-0.15, -0.1) is 0 Å². The Morgan fingerprint density at radius 2 is 1.91 bits per heavy atom. The van der Waals surface area contributed by atoms with Gasteiger partial charge in [0.2, 0.25) is 11.8 Å². The number of carbonyl (C=O) groups excluding carboxylic acids is 2. The number of fused-ring (bicyclic) bond motifs is 1. The van der Waals surface area contributed by atoms with Gasteiger partial charge in [0.25, 0.3) is 0 Å². The predicted molar refractivity (Wildman–Crippen MR) is 123 cm³/mol. The van der Waals surface area contributed by atoms with Gasteiger partial charge in [-0.2, -0.15) is 0 Å². The van der Waals surface area contributed by atoms with Crippen LogP contribution < -0.4 is 24.8 Å². The summed E-state index contributed by atoms with van der Waals surface area (Å²) in [5, 5.41) is 5.88. The zero-order chi connectivity index (χ0) is 23.1. The van der Waals surface area contributed by atoms with Crippen LogP contribution in [0.3, 0.4) is 0 Å². The van der Waals surface area contributed by atoms with Crippen LogP contribution in [0.1, 0.15) is 57.2 Å². The van der Waals surface area contributed by atoms with E-state index in [2.05, 4.69) is 10.6 Å². The minimum atomic E-state index is -0.152. The van der Waals surface area contributed by atoms with Crippen molar-refractivity contribution in [2.75, 3.05) is 19.0 Å². The zero-order valence-electron chi connectivity index (χ0n) is 19.2. The number of rotatable bonds is 10. The number of carbonyl (C=O) groups is 2. The maximum atomic E-state index is 12.4. The molecule has 2 aromatic rings. The molecule has 3 rings (SSSR count). The second-order valence-corrected chi connectivity index (χ2v) is 8.19.